The first kappa shape index (κ1) is 27.0. The standard InChI is InChI=1S/C26H28F3N5O2S/c1-3-18-20(15-33-9-7-31-8-10-33)21(26(27,28)29)12-19-23(18)32-25(36)34(24(19)35)14-17-11-16(13-30)5-6-22(17)37-4-2/h5-6,11-12,31H,3-4,7-10,14-15H2,1-2H3,(H,32,36). The van der Waals surface area contributed by atoms with E-state index in [2.05, 4.69) is 10.3 Å². The number of piperazine rings is 1. The summed E-state index contributed by atoms with van der Waals surface area (Å²) in [6.07, 6.45) is -4.44. The molecule has 1 fully saturated rings. The van der Waals surface area contributed by atoms with Crippen molar-refractivity contribution < 1.29 is 13.2 Å². The summed E-state index contributed by atoms with van der Waals surface area (Å²) in [6.45, 7) is 6.18. The number of aryl methyl sites for hydroxylation is 1. The van der Waals surface area contributed by atoms with E-state index in [1.54, 1.807) is 25.1 Å². The Bertz CT molecular complexity index is 1470. The van der Waals surface area contributed by atoms with Crippen LogP contribution in [0.3, 0.4) is 0 Å². The molecule has 1 aliphatic rings. The molecule has 0 bridgehead atoms. The van der Waals surface area contributed by atoms with Gasteiger partial charge in [-0.3, -0.25) is 14.3 Å². The quantitative estimate of drug-likeness (QED) is 0.452. The molecule has 0 saturated carbocycles. The highest BCUT2D eigenvalue weighted by atomic mass is 32.2. The molecule has 0 atom stereocenters. The molecule has 7 nitrogen and oxygen atoms in total. The number of halogens is 3. The van der Waals surface area contributed by atoms with Crippen molar-refractivity contribution in [2.24, 2.45) is 0 Å². The summed E-state index contributed by atoms with van der Waals surface area (Å²) in [6, 6.07) is 7.93. The number of nitrogens with zero attached hydrogens (tertiary/aromatic N) is 3. The Morgan fingerprint density at radius 3 is 2.43 bits per heavy atom. The van der Waals surface area contributed by atoms with Crippen LogP contribution in [-0.2, 0) is 25.7 Å². The van der Waals surface area contributed by atoms with Crippen LogP contribution >= 0.6 is 11.8 Å². The molecule has 0 unspecified atom stereocenters. The van der Waals surface area contributed by atoms with E-state index in [0.717, 1.165) is 21.3 Å². The number of thioether (sulfide) groups is 1. The van der Waals surface area contributed by atoms with Gasteiger partial charge >= 0.3 is 11.9 Å². The number of nitrogens with one attached hydrogen (secondary N) is 2. The zero-order valence-corrected chi connectivity index (χ0v) is 21.5. The topological polar surface area (TPSA) is 93.9 Å². The summed E-state index contributed by atoms with van der Waals surface area (Å²) in [4.78, 5) is 32.1. The number of aromatic amines is 1. The molecule has 2 aromatic carbocycles. The van der Waals surface area contributed by atoms with Gasteiger partial charge in [-0.05, 0) is 53.1 Å². The maximum absolute atomic E-state index is 14.3. The first-order chi connectivity index (χ1) is 17.7. The van der Waals surface area contributed by atoms with Crippen molar-refractivity contribution in [2.45, 2.75) is 44.4 Å². The average molecular weight is 532 g/mol. The fourth-order valence-corrected chi connectivity index (χ4v) is 5.59. The number of nitriles is 1. The monoisotopic (exact) mass is 531 g/mol. The Morgan fingerprint density at radius 2 is 1.81 bits per heavy atom. The van der Waals surface area contributed by atoms with Gasteiger partial charge in [-0.25, -0.2) is 4.79 Å². The summed E-state index contributed by atoms with van der Waals surface area (Å²) in [5.41, 5.74) is -0.803. The van der Waals surface area contributed by atoms with E-state index in [-0.39, 0.29) is 36.0 Å². The molecule has 0 spiro atoms. The van der Waals surface area contributed by atoms with Crippen LogP contribution in [0.5, 0.6) is 0 Å². The molecule has 0 amide bonds. The van der Waals surface area contributed by atoms with Crippen molar-refractivity contribution in [3.63, 3.8) is 0 Å². The number of hydrogen-bond donors (Lipinski definition) is 2. The van der Waals surface area contributed by atoms with Crippen molar-refractivity contribution in [1.29, 1.82) is 5.26 Å². The third-order valence-electron chi connectivity index (χ3n) is 6.57. The van der Waals surface area contributed by atoms with Gasteiger partial charge in [-0.2, -0.15) is 18.4 Å². The Balaban J connectivity index is 1.91. The molecule has 2 heterocycles. The SMILES string of the molecule is CCSc1ccc(C#N)cc1Cn1c(=O)[nH]c2c(CC)c(CN3CCNCC3)c(C(F)(F)F)cc2c1=O. The van der Waals surface area contributed by atoms with Crippen molar-refractivity contribution in [1.82, 2.24) is 19.8 Å². The van der Waals surface area contributed by atoms with Crippen molar-refractivity contribution in [3.8, 4) is 6.07 Å². The first-order valence-electron chi connectivity index (χ1n) is 12.2. The van der Waals surface area contributed by atoms with Crippen LogP contribution in [0, 0.1) is 11.3 Å². The Labute approximate surface area is 216 Å². The van der Waals surface area contributed by atoms with Gasteiger partial charge in [0.05, 0.1) is 34.6 Å². The number of H-pyrrole nitrogens is 1. The highest BCUT2D eigenvalue weighted by molar-refractivity contribution is 7.99. The summed E-state index contributed by atoms with van der Waals surface area (Å²) in [5.74, 6) is 0.729. The number of aromatic nitrogens is 2. The predicted molar refractivity (Wildman–Crippen MR) is 138 cm³/mol. The molecule has 3 aromatic rings. The van der Waals surface area contributed by atoms with E-state index in [0.29, 0.717) is 42.9 Å². The minimum Gasteiger partial charge on any atom is -0.314 e. The van der Waals surface area contributed by atoms with E-state index < -0.39 is 23.0 Å². The van der Waals surface area contributed by atoms with Crippen molar-refractivity contribution in [3.05, 3.63) is 72.9 Å². The van der Waals surface area contributed by atoms with E-state index in [4.69, 9.17) is 0 Å². The Hall–Kier alpha value is -3.07. The smallest absolute Gasteiger partial charge is 0.314 e. The van der Waals surface area contributed by atoms with Crippen LogP contribution in [0.4, 0.5) is 13.2 Å². The summed E-state index contributed by atoms with van der Waals surface area (Å²) in [5, 5.41) is 12.3. The maximum Gasteiger partial charge on any atom is 0.416 e. The van der Waals surface area contributed by atoms with Crippen LogP contribution in [0.15, 0.2) is 38.8 Å². The molecular weight excluding hydrogens is 503 g/mol. The lowest BCUT2D eigenvalue weighted by molar-refractivity contribution is -0.138. The fraction of sp³-hybridized carbons (Fsp3) is 0.423. The normalized spacial score (nSPS) is 14.7. The largest absolute Gasteiger partial charge is 0.416 e. The van der Waals surface area contributed by atoms with E-state index in [1.165, 1.54) is 11.8 Å². The maximum atomic E-state index is 14.3. The summed E-state index contributed by atoms with van der Waals surface area (Å²) >= 11 is 1.49. The zero-order chi connectivity index (χ0) is 26.7. The number of alkyl halides is 3. The average Bonchev–Trinajstić information content (AvgIpc) is 2.87. The molecule has 1 aliphatic heterocycles. The lowest BCUT2D eigenvalue weighted by atomic mass is 9.94. The van der Waals surface area contributed by atoms with Crippen LogP contribution in [0.25, 0.3) is 10.9 Å². The van der Waals surface area contributed by atoms with Gasteiger partial charge in [-0.1, -0.05) is 13.8 Å². The molecule has 0 radical (unpaired) electrons. The second-order valence-electron chi connectivity index (χ2n) is 8.87. The van der Waals surface area contributed by atoms with Gasteiger partial charge in [0, 0.05) is 37.6 Å². The number of rotatable bonds is 7. The molecule has 2 N–H and O–H groups in total. The molecule has 11 heteroatoms. The third-order valence-corrected chi connectivity index (χ3v) is 7.57. The number of hydrogen-bond acceptors (Lipinski definition) is 6. The van der Waals surface area contributed by atoms with Crippen LogP contribution in [0.1, 0.15) is 41.7 Å². The van der Waals surface area contributed by atoms with E-state index in [9.17, 15) is 28.0 Å². The second kappa shape index (κ2) is 11.1. The minimum atomic E-state index is -4.67. The van der Waals surface area contributed by atoms with Gasteiger partial charge in [0.1, 0.15) is 0 Å². The van der Waals surface area contributed by atoms with E-state index >= 15 is 0 Å². The van der Waals surface area contributed by atoms with Crippen LogP contribution in [-0.4, -0.2) is 46.4 Å². The van der Waals surface area contributed by atoms with Crippen LogP contribution in [0.2, 0.25) is 0 Å². The lowest BCUT2D eigenvalue weighted by Crippen LogP contribution is -2.43. The number of benzene rings is 2. The van der Waals surface area contributed by atoms with Gasteiger partial charge in [0.15, 0.2) is 0 Å². The minimum absolute atomic E-state index is 0.0826. The molecule has 37 heavy (non-hydrogen) atoms. The second-order valence-corrected chi connectivity index (χ2v) is 10.2. The first-order valence-corrected chi connectivity index (χ1v) is 13.1. The summed E-state index contributed by atoms with van der Waals surface area (Å²) < 4.78 is 43.8. The van der Waals surface area contributed by atoms with Crippen molar-refractivity contribution >= 4 is 22.7 Å². The molecule has 4 rings (SSSR count). The fourth-order valence-electron chi connectivity index (χ4n) is 4.80. The molecule has 0 aliphatic carbocycles. The van der Waals surface area contributed by atoms with Crippen molar-refractivity contribution in [2.75, 3.05) is 31.9 Å². The summed E-state index contributed by atoms with van der Waals surface area (Å²) in [7, 11) is 0. The Kier molecular flexibility index (Phi) is 8.11. The highest BCUT2D eigenvalue weighted by Crippen LogP contribution is 2.37. The lowest BCUT2D eigenvalue weighted by Gasteiger charge is -2.29. The molecule has 1 aromatic heterocycles. The van der Waals surface area contributed by atoms with Gasteiger partial charge < -0.3 is 10.3 Å². The van der Waals surface area contributed by atoms with E-state index in [1.807, 2.05) is 17.9 Å². The Morgan fingerprint density at radius 1 is 1.08 bits per heavy atom. The molecule has 196 valence electrons. The van der Waals surface area contributed by atoms with Gasteiger partial charge in [0.25, 0.3) is 5.56 Å². The third kappa shape index (κ3) is 5.61. The zero-order valence-electron chi connectivity index (χ0n) is 20.7. The van der Waals surface area contributed by atoms with Gasteiger partial charge in [-0.15, -0.1) is 11.8 Å². The highest BCUT2D eigenvalue weighted by Gasteiger charge is 2.36. The number of fused-ring (bicyclic) bond motifs is 1. The van der Waals surface area contributed by atoms with Crippen LogP contribution < -0.4 is 16.6 Å². The molecular formula is C26H28F3N5O2S. The predicted octanol–water partition coefficient (Wildman–Crippen LogP) is 3.71. The molecule has 1 saturated heterocycles. The van der Waals surface area contributed by atoms with Gasteiger partial charge in [0.2, 0.25) is 0 Å².